The molecular weight excluding hydrogens is 561 g/mol. The topological polar surface area (TPSA) is 135 Å². The highest BCUT2D eigenvalue weighted by molar-refractivity contribution is 7.92. The normalized spacial score (nSPS) is 24.1. The van der Waals surface area contributed by atoms with Crippen LogP contribution in [0.2, 0.25) is 0 Å². The van der Waals surface area contributed by atoms with E-state index in [9.17, 15) is 26.0 Å². The van der Waals surface area contributed by atoms with Gasteiger partial charge in [-0.3, -0.25) is 4.72 Å². The fourth-order valence-electron chi connectivity index (χ4n) is 6.07. The number of halogens is 5. The van der Waals surface area contributed by atoms with E-state index < -0.39 is 73.5 Å². The number of anilines is 3. The van der Waals surface area contributed by atoms with Crippen molar-refractivity contribution < 1.29 is 35.1 Å². The van der Waals surface area contributed by atoms with E-state index in [2.05, 4.69) is 25.0 Å². The molecule has 40 heavy (non-hydrogen) atoms. The zero-order valence-corrected chi connectivity index (χ0v) is 22.2. The lowest BCUT2D eigenvalue weighted by Crippen LogP contribution is -2.62. The second-order valence-corrected chi connectivity index (χ2v) is 12.1. The number of piperazine rings is 1. The summed E-state index contributed by atoms with van der Waals surface area (Å²) in [5.41, 5.74) is 0.587. The molecule has 2 saturated heterocycles. The number of aromatic nitrogens is 3. The lowest BCUT2D eigenvalue weighted by Gasteiger charge is -2.42. The average molecular weight is 586 g/mol. The van der Waals surface area contributed by atoms with Crippen LogP contribution in [-0.4, -0.2) is 60.4 Å². The third-order valence-electron chi connectivity index (χ3n) is 7.59. The Morgan fingerprint density at radius 2 is 1.90 bits per heavy atom. The van der Waals surface area contributed by atoms with Crippen molar-refractivity contribution in [2.75, 3.05) is 28.2 Å². The standard InChI is InChI=1S/C24H24F5N7O3S/c1-8-15(24(27,28)29)11(6-12(30)16(8)25)18-17(26)19-14-21(34-23(33-19)35-40(3,37)38)36-7-10-4-5-13(31-10)20(36)9(2)39-22(14)32-18/h6,9-10,13,20,31H,4-5,7,30H2,1-3H3,(H,33,34,35)/t9-,10+,13-,20+/m0/s1. The second-order valence-electron chi connectivity index (χ2n) is 10.4. The summed E-state index contributed by atoms with van der Waals surface area (Å²) in [7, 11) is -3.92. The largest absolute Gasteiger partial charge is 0.472 e. The highest BCUT2D eigenvalue weighted by Gasteiger charge is 2.47. The number of benzene rings is 1. The summed E-state index contributed by atoms with van der Waals surface area (Å²) in [5, 5.41) is 3.49. The van der Waals surface area contributed by atoms with Crippen molar-refractivity contribution >= 4 is 38.4 Å². The van der Waals surface area contributed by atoms with Gasteiger partial charge in [-0.25, -0.2) is 27.2 Å². The van der Waals surface area contributed by atoms with Crippen molar-refractivity contribution in [2.45, 2.75) is 57.1 Å². The Labute approximate surface area is 225 Å². The number of sulfonamides is 1. The van der Waals surface area contributed by atoms with E-state index >= 15 is 4.39 Å². The molecule has 214 valence electrons. The summed E-state index contributed by atoms with van der Waals surface area (Å²) in [4.78, 5) is 14.5. The Hall–Kier alpha value is -3.53. The maximum atomic E-state index is 16.3. The Morgan fingerprint density at radius 3 is 2.58 bits per heavy atom. The number of ether oxygens (including phenoxy) is 1. The van der Waals surface area contributed by atoms with Crippen LogP contribution in [0.1, 0.15) is 30.9 Å². The molecule has 2 aromatic heterocycles. The van der Waals surface area contributed by atoms with Crippen LogP contribution < -0.4 is 25.4 Å². The first-order chi connectivity index (χ1) is 18.6. The van der Waals surface area contributed by atoms with E-state index in [1.165, 1.54) is 0 Å². The van der Waals surface area contributed by atoms with E-state index in [0.717, 1.165) is 26.0 Å². The van der Waals surface area contributed by atoms with Crippen LogP contribution in [0.15, 0.2) is 6.07 Å². The monoisotopic (exact) mass is 585 g/mol. The number of nitrogens with one attached hydrogen (secondary N) is 2. The SMILES string of the molecule is Cc1c(F)c(N)cc(-c2nc3c4c(nc(NS(C)(=O)=O)nc4c2F)N2C[C@H]4CC[C@H](N4)[C@H]2[C@H](C)O3)c1C(F)(F)F. The van der Waals surface area contributed by atoms with Crippen LogP contribution in [0.3, 0.4) is 0 Å². The van der Waals surface area contributed by atoms with Gasteiger partial charge in [0, 0.05) is 24.2 Å². The zero-order chi connectivity index (χ0) is 28.9. The summed E-state index contributed by atoms with van der Waals surface area (Å²) >= 11 is 0. The first kappa shape index (κ1) is 26.7. The first-order valence-electron chi connectivity index (χ1n) is 12.4. The molecule has 3 aromatic rings. The van der Waals surface area contributed by atoms with Crippen molar-refractivity contribution in [1.82, 2.24) is 20.3 Å². The average Bonchev–Trinajstić information content (AvgIpc) is 3.16. The summed E-state index contributed by atoms with van der Waals surface area (Å²) < 4.78 is 106. The Kier molecular flexibility index (Phi) is 5.82. The molecule has 4 N–H and O–H groups in total. The summed E-state index contributed by atoms with van der Waals surface area (Å²) in [5.74, 6) is -3.16. The minimum Gasteiger partial charge on any atom is -0.472 e. The number of hydrogen-bond donors (Lipinski definition) is 3. The lowest BCUT2D eigenvalue weighted by atomic mass is 9.96. The van der Waals surface area contributed by atoms with Crippen LogP contribution in [0.4, 0.5) is 39.4 Å². The van der Waals surface area contributed by atoms with Crippen molar-refractivity contribution in [1.29, 1.82) is 0 Å². The molecule has 0 radical (unpaired) electrons. The van der Waals surface area contributed by atoms with Gasteiger partial charge in [-0.15, -0.1) is 0 Å². The van der Waals surface area contributed by atoms with E-state index in [4.69, 9.17) is 10.5 Å². The van der Waals surface area contributed by atoms with E-state index in [1.807, 2.05) is 4.90 Å². The Bertz CT molecular complexity index is 1680. The summed E-state index contributed by atoms with van der Waals surface area (Å²) in [6.45, 7) is 3.08. The van der Waals surface area contributed by atoms with Gasteiger partial charge in [0.25, 0.3) is 0 Å². The molecule has 4 atom stereocenters. The number of fused-ring (bicyclic) bond motifs is 5. The molecule has 16 heteroatoms. The van der Waals surface area contributed by atoms with Gasteiger partial charge in [-0.2, -0.15) is 18.2 Å². The van der Waals surface area contributed by atoms with Crippen LogP contribution in [0.25, 0.3) is 22.2 Å². The minimum absolute atomic E-state index is 0.0173. The number of rotatable bonds is 3. The smallest absolute Gasteiger partial charge is 0.417 e. The van der Waals surface area contributed by atoms with Crippen molar-refractivity contribution in [3.63, 3.8) is 0 Å². The van der Waals surface area contributed by atoms with Crippen molar-refractivity contribution in [3.05, 3.63) is 28.8 Å². The van der Waals surface area contributed by atoms with Crippen LogP contribution in [-0.2, 0) is 16.2 Å². The van der Waals surface area contributed by atoms with Gasteiger partial charge in [0.15, 0.2) is 5.82 Å². The van der Waals surface area contributed by atoms with Crippen LogP contribution in [0, 0.1) is 18.6 Å². The molecule has 3 aliphatic rings. The molecule has 0 aliphatic carbocycles. The molecule has 0 amide bonds. The number of nitrogens with zero attached hydrogens (tertiary/aromatic N) is 4. The molecule has 0 saturated carbocycles. The molecule has 2 fully saturated rings. The molecule has 6 rings (SSSR count). The third kappa shape index (κ3) is 4.15. The highest BCUT2D eigenvalue weighted by Crippen LogP contribution is 2.47. The Balaban J connectivity index is 1.69. The van der Waals surface area contributed by atoms with Gasteiger partial charge < -0.3 is 20.7 Å². The zero-order valence-electron chi connectivity index (χ0n) is 21.4. The van der Waals surface area contributed by atoms with Gasteiger partial charge in [0.1, 0.15) is 34.3 Å². The van der Waals surface area contributed by atoms with Crippen molar-refractivity contribution in [2.24, 2.45) is 0 Å². The van der Waals surface area contributed by atoms with Gasteiger partial charge in [0.05, 0.1) is 23.5 Å². The molecule has 1 aromatic carbocycles. The molecule has 0 unspecified atom stereocenters. The molecule has 2 bridgehead atoms. The fourth-order valence-corrected chi connectivity index (χ4v) is 6.49. The number of hydrogen-bond acceptors (Lipinski definition) is 9. The van der Waals surface area contributed by atoms with E-state index in [0.29, 0.717) is 12.6 Å². The molecule has 10 nitrogen and oxygen atoms in total. The van der Waals surface area contributed by atoms with Crippen molar-refractivity contribution in [3.8, 4) is 17.1 Å². The highest BCUT2D eigenvalue weighted by atomic mass is 32.2. The first-order valence-corrected chi connectivity index (χ1v) is 14.3. The quantitative estimate of drug-likeness (QED) is 0.312. The van der Waals surface area contributed by atoms with Gasteiger partial charge >= 0.3 is 6.18 Å². The fraction of sp³-hybridized carbons (Fsp3) is 0.458. The maximum Gasteiger partial charge on any atom is 0.417 e. The molecule has 0 spiro atoms. The molecule has 3 aliphatic heterocycles. The second kappa shape index (κ2) is 8.73. The predicted octanol–water partition coefficient (Wildman–Crippen LogP) is 3.34. The van der Waals surface area contributed by atoms with Gasteiger partial charge in [0.2, 0.25) is 21.9 Å². The third-order valence-corrected chi connectivity index (χ3v) is 8.14. The van der Waals surface area contributed by atoms with Gasteiger partial charge in [-0.1, -0.05) is 0 Å². The molecular formula is C24H24F5N7O3S. The van der Waals surface area contributed by atoms with E-state index in [-0.39, 0.29) is 35.2 Å². The summed E-state index contributed by atoms with van der Waals surface area (Å²) in [6, 6.07) is 0.375. The van der Waals surface area contributed by atoms with Crippen LogP contribution in [0.5, 0.6) is 5.88 Å². The lowest BCUT2D eigenvalue weighted by molar-refractivity contribution is -0.137. The predicted molar refractivity (Wildman–Crippen MR) is 136 cm³/mol. The van der Waals surface area contributed by atoms with Crippen LogP contribution >= 0.6 is 0 Å². The number of nitrogen functional groups attached to an aromatic ring is 1. The number of alkyl halides is 3. The maximum absolute atomic E-state index is 16.3. The number of pyridine rings is 1. The Morgan fingerprint density at radius 1 is 1.18 bits per heavy atom. The summed E-state index contributed by atoms with van der Waals surface area (Å²) in [6.07, 6.45) is -3.14. The number of nitrogens with two attached hydrogens (primary N) is 1. The van der Waals surface area contributed by atoms with Gasteiger partial charge in [-0.05, 0) is 38.3 Å². The van der Waals surface area contributed by atoms with E-state index in [1.54, 1.807) is 6.92 Å². The minimum atomic E-state index is -5.09. The molecule has 5 heterocycles.